The number of hydrogen-bond donors (Lipinski definition) is 1. The summed E-state index contributed by atoms with van der Waals surface area (Å²) in [5, 5.41) is 4.15. The Bertz CT molecular complexity index is 645. The third kappa shape index (κ3) is 4.26. The number of hydrazone groups is 1. The van der Waals surface area contributed by atoms with Gasteiger partial charge in [-0.05, 0) is 48.7 Å². The Morgan fingerprint density at radius 2 is 1.62 bits per heavy atom. The highest BCUT2D eigenvalue weighted by atomic mass is 79.9. The van der Waals surface area contributed by atoms with Crippen LogP contribution >= 0.6 is 15.9 Å². The van der Waals surface area contributed by atoms with Gasteiger partial charge in [-0.3, -0.25) is 4.79 Å². The number of hydrogen-bond acceptors (Lipinski definition) is 2. The molecule has 0 saturated carbocycles. The van der Waals surface area contributed by atoms with Crippen LogP contribution in [0.3, 0.4) is 0 Å². The molecule has 2 aromatic carbocycles. The fourth-order valence-corrected chi connectivity index (χ4v) is 2.11. The maximum absolute atomic E-state index is 12.0. The fraction of sp³-hybridized carbons (Fsp3) is 0.176. The van der Waals surface area contributed by atoms with Crippen LogP contribution < -0.4 is 5.43 Å². The molecule has 0 unspecified atom stereocenters. The van der Waals surface area contributed by atoms with Gasteiger partial charge in [-0.15, -0.1) is 0 Å². The molecule has 0 bridgehead atoms. The van der Waals surface area contributed by atoms with Crippen molar-refractivity contribution in [3.05, 3.63) is 69.7 Å². The number of nitrogens with one attached hydrogen (secondary N) is 1. The van der Waals surface area contributed by atoms with Crippen molar-refractivity contribution in [1.82, 2.24) is 5.43 Å². The maximum atomic E-state index is 12.0. The van der Waals surface area contributed by atoms with Crippen LogP contribution in [-0.4, -0.2) is 11.6 Å². The molecule has 0 heterocycles. The molecule has 0 aliphatic heterocycles. The summed E-state index contributed by atoms with van der Waals surface area (Å²) in [7, 11) is 0. The zero-order valence-corrected chi connectivity index (χ0v) is 13.6. The first kappa shape index (κ1) is 15.4. The zero-order valence-electron chi connectivity index (χ0n) is 12.1. The average Bonchev–Trinajstić information content (AvgIpc) is 2.53. The lowest BCUT2D eigenvalue weighted by Crippen LogP contribution is -2.19. The molecule has 21 heavy (non-hydrogen) atoms. The van der Waals surface area contributed by atoms with Crippen LogP contribution in [0.4, 0.5) is 0 Å². The number of halogens is 1. The second-order valence-electron chi connectivity index (χ2n) is 4.70. The molecule has 0 aliphatic carbocycles. The van der Waals surface area contributed by atoms with Crippen LogP contribution in [0.5, 0.6) is 0 Å². The molecule has 0 atom stereocenters. The Morgan fingerprint density at radius 3 is 2.19 bits per heavy atom. The quantitative estimate of drug-likeness (QED) is 0.656. The van der Waals surface area contributed by atoms with Gasteiger partial charge in [-0.1, -0.05) is 47.1 Å². The number of nitrogens with zero attached hydrogens (tertiary/aromatic N) is 1. The van der Waals surface area contributed by atoms with E-state index in [-0.39, 0.29) is 5.91 Å². The molecule has 4 heteroatoms. The number of aryl methyl sites for hydroxylation is 1. The zero-order chi connectivity index (χ0) is 15.2. The average molecular weight is 345 g/mol. The first-order valence-electron chi connectivity index (χ1n) is 6.79. The smallest absolute Gasteiger partial charge is 0.267 e. The van der Waals surface area contributed by atoms with E-state index in [1.165, 1.54) is 5.56 Å². The van der Waals surface area contributed by atoms with E-state index in [2.05, 4.69) is 45.5 Å². The highest BCUT2D eigenvalue weighted by molar-refractivity contribution is 9.10. The summed E-state index contributed by atoms with van der Waals surface area (Å²) in [6.07, 6.45) is 1.01. The SMILES string of the molecule is CCc1ccc(C(C)=NNC(=O)c2ccc(Br)cc2)cc1. The van der Waals surface area contributed by atoms with Crippen molar-refractivity contribution in [2.45, 2.75) is 20.3 Å². The van der Waals surface area contributed by atoms with Gasteiger partial charge < -0.3 is 0 Å². The van der Waals surface area contributed by atoms with E-state index >= 15 is 0 Å². The topological polar surface area (TPSA) is 41.5 Å². The lowest BCUT2D eigenvalue weighted by molar-refractivity contribution is 0.0955. The molecule has 2 rings (SSSR count). The fourth-order valence-electron chi connectivity index (χ4n) is 1.85. The summed E-state index contributed by atoms with van der Waals surface area (Å²) in [6, 6.07) is 15.3. The van der Waals surface area contributed by atoms with Crippen LogP contribution in [0.25, 0.3) is 0 Å². The van der Waals surface area contributed by atoms with Gasteiger partial charge in [0, 0.05) is 10.0 Å². The lowest BCUT2D eigenvalue weighted by atomic mass is 10.1. The first-order chi connectivity index (χ1) is 10.1. The minimum Gasteiger partial charge on any atom is -0.267 e. The number of carbonyl (C=O) groups is 1. The van der Waals surface area contributed by atoms with Gasteiger partial charge in [0.05, 0.1) is 5.71 Å². The minimum absolute atomic E-state index is 0.216. The Balaban J connectivity index is 2.05. The van der Waals surface area contributed by atoms with Gasteiger partial charge in [-0.25, -0.2) is 5.43 Å². The molecular formula is C17H17BrN2O. The Morgan fingerprint density at radius 1 is 1.05 bits per heavy atom. The van der Waals surface area contributed by atoms with Crippen molar-refractivity contribution >= 4 is 27.5 Å². The second-order valence-corrected chi connectivity index (χ2v) is 5.61. The third-order valence-corrected chi connectivity index (χ3v) is 3.74. The van der Waals surface area contributed by atoms with E-state index < -0.39 is 0 Å². The van der Waals surface area contributed by atoms with Gasteiger partial charge in [0.15, 0.2) is 0 Å². The van der Waals surface area contributed by atoms with Crippen LogP contribution in [-0.2, 0) is 6.42 Å². The Labute approximate surface area is 133 Å². The maximum Gasteiger partial charge on any atom is 0.271 e. The van der Waals surface area contributed by atoms with E-state index in [9.17, 15) is 4.79 Å². The molecule has 0 fully saturated rings. The molecule has 0 spiro atoms. The minimum atomic E-state index is -0.216. The normalized spacial score (nSPS) is 11.3. The predicted octanol–water partition coefficient (Wildman–Crippen LogP) is 4.17. The Kier molecular flexibility index (Phi) is 5.28. The first-order valence-corrected chi connectivity index (χ1v) is 7.59. The summed E-state index contributed by atoms with van der Waals surface area (Å²) in [4.78, 5) is 12.0. The third-order valence-electron chi connectivity index (χ3n) is 3.21. The van der Waals surface area contributed by atoms with Crippen LogP contribution in [0.15, 0.2) is 58.1 Å². The molecule has 108 valence electrons. The number of carbonyl (C=O) groups excluding carboxylic acids is 1. The molecule has 2 aromatic rings. The monoisotopic (exact) mass is 344 g/mol. The van der Waals surface area contributed by atoms with Gasteiger partial charge in [0.25, 0.3) is 5.91 Å². The summed E-state index contributed by atoms with van der Waals surface area (Å²) >= 11 is 3.34. The standard InChI is InChI=1S/C17H17BrN2O/c1-3-13-4-6-14(7-5-13)12(2)19-20-17(21)15-8-10-16(18)11-9-15/h4-11H,3H2,1-2H3,(H,20,21). The summed E-state index contributed by atoms with van der Waals surface area (Å²) in [5.74, 6) is -0.216. The van der Waals surface area contributed by atoms with Crippen molar-refractivity contribution in [1.29, 1.82) is 0 Å². The molecule has 3 nitrogen and oxygen atoms in total. The van der Waals surface area contributed by atoms with Crippen molar-refractivity contribution in [2.24, 2.45) is 5.10 Å². The highest BCUT2D eigenvalue weighted by Gasteiger charge is 2.04. The van der Waals surface area contributed by atoms with Gasteiger partial charge in [-0.2, -0.15) is 5.10 Å². The Hall–Kier alpha value is -1.94. The van der Waals surface area contributed by atoms with Gasteiger partial charge in [0.2, 0.25) is 0 Å². The summed E-state index contributed by atoms with van der Waals surface area (Å²) < 4.78 is 0.940. The molecule has 0 aliphatic rings. The van der Waals surface area contributed by atoms with Crippen molar-refractivity contribution in [3.63, 3.8) is 0 Å². The van der Waals surface area contributed by atoms with Crippen LogP contribution in [0, 0.1) is 0 Å². The highest BCUT2D eigenvalue weighted by Crippen LogP contribution is 2.10. The van der Waals surface area contributed by atoms with Crippen molar-refractivity contribution in [3.8, 4) is 0 Å². The van der Waals surface area contributed by atoms with E-state index in [1.807, 2.05) is 31.2 Å². The largest absolute Gasteiger partial charge is 0.271 e. The van der Waals surface area contributed by atoms with Gasteiger partial charge in [0.1, 0.15) is 0 Å². The van der Waals surface area contributed by atoms with Crippen LogP contribution in [0.1, 0.15) is 35.3 Å². The molecule has 0 aromatic heterocycles. The van der Waals surface area contributed by atoms with E-state index in [4.69, 9.17) is 0 Å². The van der Waals surface area contributed by atoms with Crippen LogP contribution in [0.2, 0.25) is 0 Å². The number of rotatable bonds is 4. The predicted molar refractivity (Wildman–Crippen MR) is 89.6 cm³/mol. The van der Waals surface area contributed by atoms with E-state index in [0.29, 0.717) is 5.56 Å². The molecule has 1 N–H and O–H groups in total. The van der Waals surface area contributed by atoms with Crippen molar-refractivity contribution < 1.29 is 4.79 Å². The van der Waals surface area contributed by atoms with Gasteiger partial charge >= 0.3 is 0 Å². The molecule has 0 saturated heterocycles. The molecule has 0 radical (unpaired) electrons. The van der Waals surface area contributed by atoms with Crippen molar-refractivity contribution in [2.75, 3.05) is 0 Å². The van der Waals surface area contributed by atoms with E-state index in [1.54, 1.807) is 12.1 Å². The molecule has 1 amide bonds. The summed E-state index contributed by atoms with van der Waals surface area (Å²) in [5.41, 5.74) is 6.23. The lowest BCUT2D eigenvalue weighted by Gasteiger charge is -2.04. The number of amides is 1. The number of benzene rings is 2. The molecular weight excluding hydrogens is 328 g/mol. The van der Waals surface area contributed by atoms with E-state index in [0.717, 1.165) is 22.2 Å². The summed E-state index contributed by atoms with van der Waals surface area (Å²) in [6.45, 7) is 4.00. The second kappa shape index (κ2) is 7.18.